The first-order valence-corrected chi connectivity index (χ1v) is 11.4. The fourth-order valence-corrected chi connectivity index (χ4v) is 6.33. The van der Waals surface area contributed by atoms with Gasteiger partial charge in [0.05, 0.1) is 16.5 Å². The van der Waals surface area contributed by atoms with Crippen LogP contribution in [0.5, 0.6) is 5.75 Å². The molecule has 7 rings (SSSR count). The first-order chi connectivity index (χ1) is 17.7. The Hall–Kier alpha value is -4.93. The number of ether oxygens (including phenoxy) is 1. The predicted molar refractivity (Wildman–Crippen MR) is 126 cm³/mol. The zero-order valence-corrected chi connectivity index (χ0v) is 19.2. The molecule has 0 N–H and O–H groups in total. The number of nitrogens with zero attached hydrogens (tertiary/aromatic N) is 3. The largest absolute Gasteiger partial charge is 0.419 e. The van der Waals surface area contributed by atoms with Gasteiger partial charge in [-0.15, -0.1) is 0 Å². The van der Waals surface area contributed by atoms with Gasteiger partial charge in [0.1, 0.15) is 5.92 Å². The van der Waals surface area contributed by atoms with Crippen LogP contribution < -0.4 is 9.64 Å². The number of anilines is 1. The second kappa shape index (κ2) is 7.53. The molecule has 11 heteroatoms. The summed E-state index contributed by atoms with van der Waals surface area (Å²) < 4.78 is 4.89. The Morgan fingerprint density at radius 3 is 2.05 bits per heavy atom. The van der Waals surface area contributed by atoms with Crippen LogP contribution in [0.2, 0.25) is 0 Å². The van der Waals surface area contributed by atoms with Gasteiger partial charge in [-0.2, -0.15) is 0 Å². The lowest BCUT2D eigenvalue weighted by atomic mass is 9.51. The number of esters is 1. The zero-order chi connectivity index (χ0) is 26.2. The Morgan fingerprint density at radius 2 is 1.51 bits per heavy atom. The third-order valence-corrected chi connectivity index (χ3v) is 7.51. The summed E-state index contributed by atoms with van der Waals surface area (Å²) in [7, 11) is 0. The van der Waals surface area contributed by atoms with Gasteiger partial charge in [-0.1, -0.05) is 48.5 Å². The number of amides is 2. The van der Waals surface area contributed by atoms with E-state index in [1.54, 1.807) is 48.5 Å². The van der Waals surface area contributed by atoms with Gasteiger partial charge in [-0.25, -0.2) is 4.90 Å². The Morgan fingerprint density at radius 1 is 0.919 bits per heavy atom. The molecular formula is C26H17N3O8. The minimum atomic E-state index is -2.00. The van der Waals surface area contributed by atoms with E-state index >= 15 is 0 Å². The number of carbonyl (C=O) groups excluding carboxylic acids is 3. The number of hydrogen-bond donors (Lipinski definition) is 0. The van der Waals surface area contributed by atoms with E-state index in [1.165, 1.54) is 6.07 Å². The van der Waals surface area contributed by atoms with Gasteiger partial charge in [0, 0.05) is 35.0 Å². The maximum Gasteiger partial charge on any atom is 0.313 e. The van der Waals surface area contributed by atoms with Gasteiger partial charge >= 0.3 is 11.7 Å². The second-order valence-corrected chi connectivity index (χ2v) is 9.19. The summed E-state index contributed by atoms with van der Waals surface area (Å²) >= 11 is 0. The van der Waals surface area contributed by atoms with E-state index in [0.29, 0.717) is 22.3 Å². The number of nitro groups is 2. The molecule has 0 aromatic heterocycles. The summed E-state index contributed by atoms with van der Waals surface area (Å²) in [6.45, 7) is 1.08. The van der Waals surface area contributed by atoms with Crippen LogP contribution in [0.25, 0.3) is 0 Å². The third-order valence-electron chi connectivity index (χ3n) is 7.51. The first kappa shape index (κ1) is 22.5. The Labute approximate surface area is 208 Å². The van der Waals surface area contributed by atoms with Crippen molar-refractivity contribution in [1.29, 1.82) is 0 Å². The molecule has 1 fully saturated rings. The molecule has 3 aliphatic carbocycles. The number of imide groups is 1. The number of carbonyl (C=O) groups is 3. The van der Waals surface area contributed by atoms with Crippen LogP contribution in [-0.4, -0.2) is 27.6 Å². The lowest BCUT2D eigenvalue weighted by Crippen LogP contribution is -2.57. The smallest absolute Gasteiger partial charge is 0.313 e. The highest BCUT2D eigenvalue weighted by molar-refractivity contribution is 6.23. The maximum absolute atomic E-state index is 14.0. The van der Waals surface area contributed by atoms with Crippen LogP contribution in [-0.2, 0) is 19.9 Å². The maximum atomic E-state index is 14.0. The molecule has 3 aromatic carbocycles. The van der Waals surface area contributed by atoms with Crippen molar-refractivity contribution in [2.75, 3.05) is 4.90 Å². The van der Waals surface area contributed by atoms with Crippen molar-refractivity contribution in [1.82, 2.24) is 0 Å². The number of hydrogen-bond acceptors (Lipinski definition) is 8. The second-order valence-electron chi connectivity index (χ2n) is 9.19. The highest BCUT2D eigenvalue weighted by Gasteiger charge is 2.74. The lowest BCUT2D eigenvalue weighted by molar-refractivity contribution is -0.578. The Bertz CT molecular complexity index is 1530. The molecular weight excluding hydrogens is 482 g/mol. The van der Waals surface area contributed by atoms with Crippen molar-refractivity contribution in [2.45, 2.75) is 18.4 Å². The third kappa shape index (κ3) is 2.73. The molecule has 3 aromatic rings. The van der Waals surface area contributed by atoms with E-state index in [2.05, 4.69) is 0 Å². The SMILES string of the molecule is CC(=O)Oc1ccc(N2C(=O)[C@@H]3C4c5ccccc5C([N+](=O)[O-])(c5ccccc54)[C@H]3C2=O)cc1[N+](=O)[O-]. The van der Waals surface area contributed by atoms with E-state index in [-0.39, 0.29) is 11.4 Å². The quantitative estimate of drug-likeness (QED) is 0.174. The highest BCUT2D eigenvalue weighted by atomic mass is 16.6. The fraction of sp³-hybridized carbons (Fsp3) is 0.192. The van der Waals surface area contributed by atoms with Gasteiger partial charge in [0.15, 0.2) is 0 Å². The van der Waals surface area contributed by atoms with Crippen molar-refractivity contribution in [3.63, 3.8) is 0 Å². The lowest BCUT2D eigenvalue weighted by Gasteiger charge is -2.48. The molecule has 2 amide bonds. The van der Waals surface area contributed by atoms with E-state index in [9.17, 15) is 34.6 Å². The molecule has 4 aliphatic rings. The summed E-state index contributed by atoms with van der Waals surface area (Å²) in [5.41, 5.74) is -0.804. The molecule has 1 aliphatic heterocycles. The summed E-state index contributed by atoms with van der Waals surface area (Å²) in [5, 5.41) is 24.6. The number of rotatable bonds is 4. The summed E-state index contributed by atoms with van der Waals surface area (Å²) in [4.78, 5) is 63.4. The molecule has 0 radical (unpaired) electrons. The predicted octanol–water partition coefficient (Wildman–Crippen LogP) is 3.31. The minimum Gasteiger partial charge on any atom is -0.419 e. The highest BCUT2D eigenvalue weighted by Crippen LogP contribution is 2.64. The summed E-state index contributed by atoms with van der Waals surface area (Å²) in [6, 6.07) is 16.9. The van der Waals surface area contributed by atoms with Crippen LogP contribution in [0.15, 0.2) is 66.7 Å². The van der Waals surface area contributed by atoms with Gasteiger partial charge in [0.25, 0.3) is 5.54 Å². The monoisotopic (exact) mass is 499 g/mol. The van der Waals surface area contributed by atoms with Crippen molar-refractivity contribution < 1.29 is 29.0 Å². The molecule has 184 valence electrons. The Balaban J connectivity index is 1.57. The molecule has 2 atom stereocenters. The fourth-order valence-electron chi connectivity index (χ4n) is 6.33. The normalized spacial score (nSPS) is 24.8. The zero-order valence-electron chi connectivity index (χ0n) is 19.2. The molecule has 2 bridgehead atoms. The first-order valence-electron chi connectivity index (χ1n) is 11.4. The van der Waals surface area contributed by atoms with E-state index in [1.807, 2.05) is 0 Å². The molecule has 1 heterocycles. The molecule has 37 heavy (non-hydrogen) atoms. The summed E-state index contributed by atoms with van der Waals surface area (Å²) in [5.74, 6) is -5.64. The van der Waals surface area contributed by atoms with Crippen molar-refractivity contribution >= 4 is 29.2 Å². The average molecular weight is 499 g/mol. The van der Waals surface area contributed by atoms with Crippen molar-refractivity contribution in [3.05, 3.63) is 109 Å². The number of benzene rings is 3. The average Bonchev–Trinajstić information content (AvgIpc) is 3.14. The number of nitro benzene ring substituents is 1. The van der Waals surface area contributed by atoms with Crippen LogP contribution >= 0.6 is 0 Å². The molecule has 0 unspecified atom stereocenters. The van der Waals surface area contributed by atoms with Crippen LogP contribution in [0.4, 0.5) is 11.4 Å². The van der Waals surface area contributed by atoms with Crippen LogP contribution in [0.3, 0.4) is 0 Å². The molecule has 0 saturated carbocycles. The van der Waals surface area contributed by atoms with Crippen molar-refractivity contribution in [3.8, 4) is 5.75 Å². The van der Waals surface area contributed by atoms with Crippen LogP contribution in [0.1, 0.15) is 35.1 Å². The van der Waals surface area contributed by atoms with Crippen LogP contribution in [0, 0.1) is 32.1 Å². The van der Waals surface area contributed by atoms with Crippen molar-refractivity contribution in [2.24, 2.45) is 11.8 Å². The topological polar surface area (TPSA) is 150 Å². The minimum absolute atomic E-state index is 0.127. The van der Waals surface area contributed by atoms with Gasteiger partial charge in [-0.3, -0.25) is 34.6 Å². The van der Waals surface area contributed by atoms with E-state index in [0.717, 1.165) is 24.0 Å². The van der Waals surface area contributed by atoms with Gasteiger partial charge in [0.2, 0.25) is 17.6 Å². The molecule has 11 nitrogen and oxygen atoms in total. The van der Waals surface area contributed by atoms with Gasteiger partial charge in [-0.05, 0) is 23.3 Å². The van der Waals surface area contributed by atoms with E-state index in [4.69, 9.17) is 4.74 Å². The van der Waals surface area contributed by atoms with Gasteiger partial charge < -0.3 is 4.74 Å². The Kier molecular flexibility index (Phi) is 4.59. The summed E-state index contributed by atoms with van der Waals surface area (Å²) in [6.07, 6.45) is 0. The molecule has 0 spiro atoms. The van der Waals surface area contributed by atoms with E-state index < -0.39 is 56.6 Å². The molecule has 1 saturated heterocycles. The standard InChI is InChI=1S/C26H17N3O8/c1-13(30)37-20-11-10-14(12-19(20)28(33)34)27-24(31)22-21-15-6-2-4-8-17(15)26(29(35)36,23(22)25(27)32)18-9-5-3-7-16(18)21/h2-12,21-23H,1H3/t21?,22-,23-,26?/m1/s1.